The van der Waals surface area contributed by atoms with Gasteiger partial charge in [0.1, 0.15) is 11.3 Å². The van der Waals surface area contributed by atoms with Crippen LogP contribution in [0, 0.1) is 5.92 Å². The van der Waals surface area contributed by atoms with E-state index in [1.165, 1.54) is 5.19 Å². The fourth-order valence-electron chi connectivity index (χ4n) is 11.2. The first-order valence-electron chi connectivity index (χ1n) is 21.2. The Bertz CT molecular complexity index is 2220. The van der Waals surface area contributed by atoms with Gasteiger partial charge in [-0.15, -0.1) is 0 Å². The largest absolute Gasteiger partial charge is 0.497 e. The van der Waals surface area contributed by atoms with E-state index in [4.69, 9.17) is 9.47 Å². The molecule has 4 aromatic carbocycles. The SMILES string of the molecule is COc1ccc([Si](C)(C)[C@H]2[C@H](CC(=O)N3CCC[C@H]3CO)O[C@@]3(C(=O)N(c4ccccc4)c4ccc(N5CN(c6ccccc6)C6(CCNCC6)C5=O)cc43)[C@@H]2C)cc1. The molecule has 5 atom stereocenters. The normalized spacial score (nSPS) is 26.4. The molecular weight excluding hydrogens is 759 g/mol. The number of anilines is 4. The number of para-hydroxylation sites is 2. The third kappa shape index (κ3) is 6.21. The number of carbonyl (C=O) groups excluding carboxylic acids is 3. The van der Waals surface area contributed by atoms with Crippen molar-refractivity contribution in [3.8, 4) is 5.75 Å². The van der Waals surface area contributed by atoms with Gasteiger partial charge in [-0.25, -0.2) is 0 Å². The van der Waals surface area contributed by atoms with E-state index in [9.17, 15) is 14.7 Å². The molecule has 59 heavy (non-hydrogen) atoms. The van der Waals surface area contributed by atoms with Crippen LogP contribution in [0.2, 0.25) is 18.6 Å². The fraction of sp³-hybridized carbons (Fsp3) is 0.426. The molecule has 4 fully saturated rings. The van der Waals surface area contributed by atoms with Crippen LogP contribution in [0.15, 0.2) is 103 Å². The van der Waals surface area contributed by atoms with Gasteiger partial charge < -0.3 is 29.7 Å². The van der Waals surface area contributed by atoms with Crippen molar-refractivity contribution >= 4 is 53.7 Å². The number of ether oxygens (including phenoxy) is 2. The highest BCUT2D eigenvalue weighted by Crippen LogP contribution is 2.61. The molecule has 2 N–H and O–H groups in total. The Morgan fingerprint density at radius 2 is 1.58 bits per heavy atom. The lowest BCUT2D eigenvalue weighted by Gasteiger charge is -2.39. The van der Waals surface area contributed by atoms with Crippen LogP contribution in [0.4, 0.5) is 22.7 Å². The van der Waals surface area contributed by atoms with E-state index in [-0.39, 0.29) is 48.3 Å². The third-order valence-electron chi connectivity index (χ3n) is 14.3. The zero-order valence-electron chi connectivity index (χ0n) is 34.5. The Labute approximate surface area is 347 Å². The smallest absolute Gasteiger partial charge is 0.268 e. The molecule has 0 aromatic heterocycles. The summed E-state index contributed by atoms with van der Waals surface area (Å²) < 4.78 is 12.9. The number of carbonyl (C=O) groups is 3. The van der Waals surface area contributed by atoms with Crippen LogP contribution in [0.1, 0.15) is 44.6 Å². The number of hydrogen-bond acceptors (Lipinski definition) is 8. The average molecular weight is 814 g/mol. The standard InChI is InChI=1S/C47H55N5O6Si/c1-32-43(59(3,4)38-20-18-37(57-2)19-21-38)41(29-42(54)49-27-11-16-36(49)30-53)58-47(32)39-28-35(17-22-40(39)52(45(47)56)34-14-9-6-10-15-34)50-31-51(33-12-7-5-8-13-33)46(44(50)55)23-25-48-26-24-46/h5-10,12-15,17-22,28,32,36,41,43,48,53H,11,16,23-27,29-31H2,1-4H3/t32-,36+,41+,43-,47+/m1/s1. The van der Waals surface area contributed by atoms with Gasteiger partial charge in [0.25, 0.3) is 11.8 Å². The van der Waals surface area contributed by atoms with E-state index < -0.39 is 25.3 Å². The summed E-state index contributed by atoms with van der Waals surface area (Å²) in [6.07, 6.45) is 2.48. The summed E-state index contributed by atoms with van der Waals surface area (Å²) in [4.78, 5) is 52.6. The number of aliphatic hydroxyl groups is 1. The lowest BCUT2D eigenvalue weighted by molar-refractivity contribution is -0.149. The zero-order valence-corrected chi connectivity index (χ0v) is 35.5. The molecular formula is C47H55N5O6Si. The number of amides is 3. The summed E-state index contributed by atoms with van der Waals surface area (Å²) in [6.45, 7) is 9.13. The third-order valence-corrected chi connectivity index (χ3v) is 18.6. The van der Waals surface area contributed by atoms with Gasteiger partial charge in [-0.1, -0.05) is 73.7 Å². The molecule has 0 aliphatic carbocycles. The second kappa shape index (κ2) is 15.2. The number of hydrogen-bond donors (Lipinski definition) is 2. The van der Waals surface area contributed by atoms with Gasteiger partial charge in [0.15, 0.2) is 5.60 Å². The predicted octanol–water partition coefficient (Wildman–Crippen LogP) is 5.90. The number of aliphatic hydroxyl groups excluding tert-OH is 1. The first kappa shape index (κ1) is 39.4. The van der Waals surface area contributed by atoms with Crippen molar-refractivity contribution in [3.05, 3.63) is 109 Å². The first-order valence-corrected chi connectivity index (χ1v) is 24.2. The lowest BCUT2D eigenvalue weighted by Crippen LogP contribution is -2.55. The zero-order chi connectivity index (χ0) is 41.1. The van der Waals surface area contributed by atoms with Crippen molar-refractivity contribution in [2.45, 2.75) is 80.9 Å². The number of fused-ring (bicyclic) bond motifs is 2. The van der Waals surface area contributed by atoms with Gasteiger partial charge >= 0.3 is 0 Å². The van der Waals surface area contributed by atoms with E-state index in [2.05, 4.69) is 54.5 Å². The topological polar surface area (TPSA) is 115 Å². The van der Waals surface area contributed by atoms with Crippen LogP contribution in [0.25, 0.3) is 0 Å². The maximum Gasteiger partial charge on any atom is 0.268 e. The average Bonchev–Trinajstić information content (AvgIpc) is 4.00. The van der Waals surface area contributed by atoms with Gasteiger partial charge in [0, 0.05) is 35.1 Å². The number of likely N-dealkylation sites (tertiary alicyclic amines) is 1. The quantitative estimate of drug-likeness (QED) is 0.201. The molecule has 5 aliphatic heterocycles. The van der Waals surface area contributed by atoms with Crippen molar-refractivity contribution in [1.29, 1.82) is 0 Å². The Morgan fingerprint density at radius 1 is 0.898 bits per heavy atom. The van der Waals surface area contributed by atoms with E-state index in [0.29, 0.717) is 31.7 Å². The summed E-state index contributed by atoms with van der Waals surface area (Å²) in [7, 11) is -0.900. The molecule has 5 heterocycles. The second-order valence-electron chi connectivity index (χ2n) is 17.5. The van der Waals surface area contributed by atoms with Crippen molar-refractivity contribution in [2.75, 3.05) is 54.7 Å². The number of rotatable bonds is 9. The molecule has 2 spiro atoms. The van der Waals surface area contributed by atoms with E-state index in [1.54, 1.807) is 12.0 Å². The number of nitrogens with zero attached hydrogens (tertiary/aromatic N) is 4. The van der Waals surface area contributed by atoms with Crippen LogP contribution < -0.4 is 29.9 Å². The Balaban J connectivity index is 1.18. The monoisotopic (exact) mass is 813 g/mol. The number of nitrogens with one attached hydrogen (secondary N) is 1. The van der Waals surface area contributed by atoms with Crippen LogP contribution in [-0.2, 0) is 24.7 Å². The van der Waals surface area contributed by atoms with E-state index in [1.807, 2.05) is 88.7 Å². The van der Waals surface area contributed by atoms with Crippen LogP contribution in [0.3, 0.4) is 0 Å². The van der Waals surface area contributed by atoms with Gasteiger partial charge in [-0.3, -0.25) is 24.2 Å². The summed E-state index contributed by atoms with van der Waals surface area (Å²) in [5, 5.41) is 14.8. The van der Waals surface area contributed by atoms with E-state index in [0.717, 1.165) is 54.3 Å². The molecule has 0 bridgehead atoms. The number of methoxy groups -OCH3 is 1. The predicted molar refractivity (Wildman–Crippen MR) is 232 cm³/mol. The van der Waals surface area contributed by atoms with Gasteiger partial charge in [-0.05, 0) is 98.9 Å². The second-order valence-corrected chi connectivity index (χ2v) is 22.2. The maximum atomic E-state index is 15.6. The van der Waals surface area contributed by atoms with E-state index >= 15 is 4.79 Å². The molecule has 308 valence electrons. The maximum absolute atomic E-state index is 15.6. The highest BCUT2D eigenvalue weighted by molar-refractivity contribution is 6.91. The van der Waals surface area contributed by atoms with Crippen molar-refractivity contribution < 1.29 is 29.0 Å². The van der Waals surface area contributed by atoms with Crippen LogP contribution in [0.5, 0.6) is 5.75 Å². The van der Waals surface area contributed by atoms with Crippen molar-refractivity contribution in [1.82, 2.24) is 10.2 Å². The van der Waals surface area contributed by atoms with Gasteiger partial charge in [0.2, 0.25) is 5.91 Å². The first-order chi connectivity index (χ1) is 28.5. The fourth-order valence-corrected chi connectivity index (χ4v) is 15.2. The molecule has 4 saturated heterocycles. The molecule has 3 amide bonds. The van der Waals surface area contributed by atoms with Crippen molar-refractivity contribution in [3.63, 3.8) is 0 Å². The highest BCUT2D eigenvalue weighted by atomic mass is 28.3. The molecule has 12 heteroatoms. The van der Waals surface area contributed by atoms with Gasteiger partial charge in [0.05, 0.1) is 52.7 Å². The Morgan fingerprint density at radius 3 is 2.24 bits per heavy atom. The van der Waals surface area contributed by atoms with Crippen molar-refractivity contribution in [2.24, 2.45) is 5.92 Å². The molecule has 0 radical (unpaired) electrons. The summed E-state index contributed by atoms with van der Waals surface area (Å²) in [5.41, 5.74) is 1.58. The summed E-state index contributed by atoms with van der Waals surface area (Å²) in [5.74, 6) is 0.222. The molecule has 5 aliphatic rings. The lowest BCUT2D eigenvalue weighted by atomic mass is 9.82. The minimum Gasteiger partial charge on any atom is -0.497 e. The molecule has 0 unspecified atom stereocenters. The number of benzene rings is 4. The Hall–Kier alpha value is -5.01. The molecule has 9 rings (SSSR count). The molecule has 11 nitrogen and oxygen atoms in total. The molecule has 4 aromatic rings. The summed E-state index contributed by atoms with van der Waals surface area (Å²) in [6, 6.07) is 33.8. The minimum atomic E-state index is -2.56. The minimum absolute atomic E-state index is 0.0555. The highest BCUT2D eigenvalue weighted by Gasteiger charge is 2.67. The summed E-state index contributed by atoms with van der Waals surface area (Å²) >= 11 is 0. The molecule has 0 saturated carbocycles. The van der Waals surface area contributed by atoms with Crippen LogP contribution >= 0.6 is 0 Å². The van der Waals surface area contributed by atoms with Gasteiger partial charge in [-0.2, -0.15) is 0 Å². The Kier molecular flexibility index (Phi) is 10.2. The number of piperidine rings is 1. The van der Waals surface area contributed by atoms with Crippen LogP contribution in [-0.4, -0.2) is 93.5 Å².